The van der Waals surface area contributed by atoms with Crippen LogP contribution in [0.1, 0.15) is 55.6 Å². The van der Waals surface area contributed by atoms with Gasteiger partial charge >= 0.3 is 5.97 Å². The van der Waals surface area contributed by atoms with Crippen molar-refractivity contribution in [1.82, 2.24) is 0 Å². The van der Waals surface area contributed by atoms with Gasteiger partial charge in [0.15, 0.2) is 0 Å². The maximum Gasteiger partial charge on any atom is 0.305 e. The van der Waals surface area contributed by atoms with Gasteiger partial charge in [-0.15, -0.1) is 0 Å². The topological polar surface area (TPSA) is 59.0 Å². The van der Waals surface area contributed by atoms with Crippen LogP contribution in [0.4, 0.5) is 5.69 Å². The van der Waals surface area contributed by atoms with Crippen molar-refractivity contribution in [2.75, 3.05) is 31.3 Å². The minimum atomic E-state index is -0.827. The quantitative estimate of drug-likeness (QED) is 0.768. The highest BCUT2D eigenvalue weighted by molar-refractivity contribution is 5.72. The van der Waals surface area contributed by atoms with E-state index in [0.717, 1.165) is 5.75 Å². The van der Waals surface area contributed by atoms with E-state index >= 15 is 0 Å². The number of aryl methyl sites for hydroxylation is 1. The molecule has 1 aliphatic carbocycles. The number of nitrogens with zero attached hydrogens (tertiary/aromatic N) is 1. The molecule has 1 aromatic rings. The lowest BCUT2D eigenvalue weighted by Crippen LogP contribution is -2.31. The molecule has 0 saturated heterocycles. The first-order valence-corrected chi connectivity index (χ1v) is 9.60. The van der Waals surface area contributed by atoms with E-state index in [0.29, 0.717) is 25.2 Å². The molecule has 1 saturated carbocycles. The van der Waals surface area contributed by atoms with Gasteiger partial charge in [0.1, 0.15) is 12.4 Å². The zero-order valence-electron chi connectivity index (χ0n) is 14.7. The molecule has 5 heteroatoms. The predicted octanol–water partition coefficient (Wildman–Crippen LogP) is 3.35. The second-order valence-corrected chi connectivity index (χ2v) is 7.34. The molecule has 2 atom stereocenters. The lowest BCUT2D eigenvalue weighted by Gasteiger charge is -2.26. The van der Waals surface area contributed by atoms with Gasteiger partial charge in [-0.2, -0.15) is 0 Å². The molecule has 25 heavy (non-hydrogen) atoms. The number of carbonyl (C=O) groups is 1. The zero-order chi connectivity index (χ0) is 17.2. The van der Waals surface area contributed by atoms with E-state index in [9.17, 15) is 4.79 Å². The van der Waals surface area contributed by atoms with Crippen LogP contribution in [0.5, 0.6) is 5.75 Å². The molecule has 1 aromatic carbocycles. The maximum absolute atomic E-state index is 10.5. The molecule has 0 unspecified atom stereocenters. The summed E-state index contributed by atoms with van der Waals surface area (Å²) in [6.07, 6.45) is 7.66. The Balaban J connectivity index is 1.47. The zero-order valence-corrected chi connectivity index (χ0v) is 14.7. The van der Waals surface area contributed by atoms with Gasteiger partial charge in [-0.3, -0.25) is 4.79 Å². The van der Waals surface area contributed by atoms with Gasteiger partial charge in [0.25, 0.3) is 0 Å². The molecule has 2 heterocycles. The van der Waals surface area contributed by atoms with Crippen LogP contribution in [0.15, 0.2) is 12.1 Å². The van der Waals surface area contributed by atoms with Crippen molar-refractivity contribution in [3.05, 3.63) is 23.3 Å². The largest absolute Gasteiger partial charge is 0.491 e. The number of hydrogen-bond donors (Lipinski definition) is 1. The number of benzene rings is 1. The summed E-state index contributed by atoms with van der Waals surface area (Å²) in [4.78, 5) is 13.2. The lowest BCUT2D eigenvalue weighted by molar-refractivity contribution is -0.138. The van der Waals surface area contributed by atoms with Gasteiger partial charge < -0.3 is 19.5 Å². The predicted molar refractivity (Wildman–Crippen MR) is 95.7 cm³/mol. The summed E-state index contributed by atoms with van der Waals surface area (Å²) in [7, 11) is 0. The minimum Gasteiger partial charge on any atom is -0.491 e. The van der Waals surface area contributed by atoms with Gasteiger partial charge in [-0.05, 0) is 43.7 Å². The van der Waals surface area contributed by atoms with Crippen LogP contribution in [-0.4, -0.2) is 43.5 Å². The normalized spacial score (nSPS) is 23.9. The monoisotopic (exact) mass is 345 g/mol. The number of rotatable bonds is 7. The third kappa shape index (κ3) is 3.22. The number of ether oxygens (including phenoxy) is 2. The third-order valence-electron chi connectivity index (χ3n) is 5.84. The van der Waals surface area contributed by atoms with Crippen LogP contribution in [-0.2, 0) is 16.0 Å². The Bertz CT molecular complexity index is 645. The maximum atomic E-state index is 10.5. The molecule has 3 aliphatic rings. The Kier molecular flexibility index (Phi) is 4.84. The highest BCUT2D eigenvalue weighted by Gasteiger charge is 2.44. The molecule has 0 radical (unpaired) electrons. The summed E-state index contributed by atoms with van der Waals surface area (Å²) in [5.74, 6) is 0.810. The van der Waals surface area contributed by atoms with E-state index in [4.69, 9.17) is 14.6 Å². The molecule has 136 valence electrons. The molecule has 0 bridgehead atoms. The minimum absolute atomic E-state index is 0.0445. The summed E-state index contributed by atoms with van der Waals surface area (Å²) in [6.45, 7) is 2.33. The average molecular weight is 345 g/mol. The fourth-order valence-electron chi connectivity index (χ4n) is 4.82. The molecule has 5 nitrogen and oxygen atoms in total. The molecule has 0 amide bonds. The first kappa shape index (κ1) is 16.7. The van der Waals surface area contributed by atoms with Gasteiger partial charge in [0.2, 0.25) is 0 Å². The van der Waals surface area contributed by atoms with Gasteiger partial charge in [0.05, 0.1) is 19.6 Å². The van der Waals surface area contributed by atoms with Crippen LogP contribution in [0.2, 0.25) is 0 Å². The molecule has 4 rings (SSSR count). The van der Waals surface area contributed by atoms with E-state index in [-0.39, 0.29) is 13.0 Å². The Morgan fingerprint density at radius 3 is 2.96 bits per heavy atom. The second-order valence-electron chi connectivity index (χ2n) is 7.34. The van der Waals surface area contributed by atoms with Crippen molar-refractivity contribution in [3.8, 4) is 5.75 Å². The van der Waals surface area contributed by atoms with E-state index in [1.165, 1.54) is 61.9 Å². The third-order valence-corrected chi connectivity index (χ3v) is 5.84. The van der Waals surface area contributed by atoms with E-state index in [2.05, 4.69) is 17.0 Å². The van der Waals surface area contributed by atoms with Crippen molar-refractivity contribution < 1.29 is 19.4 Å². The first-order valence-electron chi connectivity index (χ1n) is 9.60. The summed E-state index contributed by atoms with van der Waals surface area (Å²) < 4.78 is 11.4. The molecular formula is C20H27NO4. The van der Waals surface area contributed by atoms with Gasteiger partial charge in [0, 0.05) is 29.8 Å². The van der Waals surface area contributed by atoms with Crippen molar-refractivity contribution in [2.24, 2.45) is 0 Å². The fourth-order valence-corrected chi connectivity index (χ4v) is 4.82. The Labute approximate surface area is 148 Å². The number of hydrogen-bond acceptors (Lipinski definition) is 4. The molecule has 1 N–H and O–H groups in total. The van der Waals surface area contributed by atoms with Crippen molar-refractivity contribution in [2.45, 2.75) is 56.9 Å². The highest BCUT2D eigenvalue weighted by atomic mass is 16.5. The SMILES string of the molecule is O=C(O)CCOCCOc1ccc2c3c1[C@H]1CCC[C@H]1N3CCCC2. The van der Waals surface area contributed by atoms with Gasteiger partial charge in [-0.25, -0.2) is 0 Å². The molecule has 2 aliphatic heterocycles. The van der Waals surface area contributed by atoms with E-state index < -0.39 is 5.97 Å². The van der Waals surface area contributed by atoms with Crippen LogP contribution in [0.25, 0.3) is 0 Å². The van der Waals surface area contributed by atoms with Crippen molar-refractivity contribution in [3.63, 3.8) is 0 Å². The van der Waals surface area contributed by atoms with E-state index in [1.807, 2.05) is 0 Å². The Morgan fingerprint density at radius 2 is 2.08 bits per heavy atom. The molecule has 0 spiro atoms. The fraction of sp³-hybridized carbons (Fsp3) is 0.650. The van der Waals surface area contributed by atoms with Crippen molar-refractivity contribution in [1.29, 1.82) is 0 Å². The Morgan fingerprint density at radius 1 is 1.16 bits per heavy atom. The number of anilines is 1. The summed E-state index contributed by atoms with van der Waals surface area (Å²) in [5, 5.41) is 8.63. The molecule has 1 fully saturated rings. The smallest absolute Gasteiger partial charge is 0.305 e. The summed E-state index contributed by atoms with van der Waals surface area (Å²) >= 11 is 0. The lowest BCUT2D eigenvalue weighted by atomic mass is 9.93. The first-order chi connectivity index (χ1) is 12.3. The average Bonchev–Trinajstić information content (AvgIpc) is 3.10. The molecule has 0 aromatic heterocycles. The summed E-state index contributed by atoms with van der Waals surface area (Å²) in [5.41, 5.74) is 4.40. The van der Waals surface area contributed by atoms with Crippen LogP contribution in [0, 0.1) is 0 Å². The van der Waals surface area contributed by atoms with Gasteiger partial charge in [-0.1, -0.05) is 12.5 Å². The number of carboxylic acid groups (broad SMARTS) is 1. The van der Waals surface area contributed by atoms with Crippen LogP contribution >= 0.6 is 0 Å². The van der Waals surface area contributed by atoms with Crippen LogP contribution in [0.3, 0.4) is 0 Å². The Hall–Kier alpha value is -1.75. The molecular weight excluding hydrogens is 318 g/mol. The second kappa shape index (κ2) is 7.24. The van der Waals surface area contributed by atoms with Crippen molar-refractivity contribution >= 4 is 11.7 Å². The highest BCUT2D eigenvalue weighted by Crippen LogP contribution is 2.54. The van der Waals surface area contributed by atoms with Crippen LogP contribution < -0.4 is 9.64 Å². The summed E-state index contributed by atoms with van der Waals surface area (Å²) in [6, 6.07) is 5.07. The number of aliphatic carboxylic acids is 1. The number of carboxylic acids is 1. The number of fused-ring (bicyclic) bond motifs is 3. The van der Waals surface area contributed by atoms with E-state index in [1.54, 1.807) is 0 Å². The standard InChI is InChI=1S/C20H27NO4/c22-18(23)9-11-24-12-13-25-17-8-7-14-4-1-2-10-21-16-6-3-5-15(16)19(17)20(14)21/h7-8,15-16H,1-6,9-13H2,(H,22,23)/t15-,16+/m0/s1.